The van der Waals surface area contributed by atoms with Gasteiger partial charge in [0.1, 0.15) is 11.6 Å². The molecule has 2 saturated heterocycles. The van der Waals surface area contributed by atoms with Crippen molar-refractivity contribution in [2.24, 2.45) is 0 Å². The van der Waals surface area contributed by atoms with Crippen molar-refractivity contribution in [2.45, 2.75) is 45.7 Å². The first-order chi connectivity index (χ1) is 10.2. The molecular formula is C16H27N5. The maximum absolute atomic E-state index is 4.64. The minimum atomic E-state index is 0.755. The normalized spacial score (nSPS) is 23.8. The van der Waals surface area contributed by atoms with Crippen molar-refractivity contribution in [1.29, 1.82) is 0 Å². The summed E-state index contributed by atoms with van der Waals surface area (Å²) in [6.07, 6.45) is 4.12. The van der Waals surface area contributed by atoms with Gasteiger partial charge >= 0.3 is 0 Å². The van der Waals surface area contributed by atoms with Gasteiger partial charge in [0.2, 0.25) is 0 Å². The zero-order valence-corrected chi connectivity index (χ0v) is 13.3. The van der Waals surface area contributed by atoms with Crippen LogP contribution < -0.4 is 5.32 Å². The van der Waals surface area contributed by atoms with Crippen LogP contribution in [-0.4, -0.2) is 58.5 Å². The second kappa shape index (κ2) is 6.71. The fourth-order valence-corrected chi connectivity index (χ4v) is 3.54. The maximum Gasteiger partial charge on any atom is 0.144 e. The highest BCUT2D eigenvalue weighted by Gasteiger charge is 2.29. The minimum Gasteiger partial charge on any atom is -0.370 e. The Morgan fingerprint density at radius 3 is 3.00 bits per heavy atom. The van der Waals surface area contributed by atoms with E-state index in [-0.39, 0.29) is 0 Å². The minimum absolute atomic E-state index is 0.755. The summed E-state index contributed by atoms with van der Waals surface area (Å²) >= 11 is 0. The van der Waals surface area contributed by atoms with Crippen LogP contribution in [0.1, 0.15) is 37.7 Å². The van der Waals surface area contributed by atoms with Crippen LogP contribution in [0.25, 0.3) is 0 Å². The molecule has 1 N–H and O–H groups in total. The Bertz CT molecular complexity index is 476. The standard InChI is InChI=1S/C16H27N5/c1-3-17-15-10-13(2)18-16(19-15)12-20-8-9-21-7-5-4-6-14(21)11-20/h10,14H,3-9,11-12H2,1-2H3,(H,17,18,19). The van der Waals surface area contributed by atoms with Gasteiger partial charge in [-0.3, -0.25) is 9.80 Å². The van der Waals surface area contributed by atoms with Crippen LogP contribution >= 0.6 is 0 Å². The van der Waals surface area contributed by atoms with Crippen molar-refractivity contribution in [3.8, 4) is 0 Å². The quantitative estimate of drug-likeness (QED) is 0.917. The topological polar surface area (TPSA) is 44.3 Å². The number of rotatable bonds is 4. The van der Waals surface area contributed by atoms with E-state index in [1.54, 1.807) is 0 Å². The van der Waals surface area contributed by atoms with Crippen LogP contribution in [-0.2, 0) is 6.54 Å². The Kier molecular flexibility index (Phi) is 4.70. The Labute approximate surface area is 127 Å². The molecule has 1 aromatic heterocycles. The summed E-state index contributed by atoms with van der Waals surface area (Å²) in [5, 5.41) is 3.29. The summed E-state index contributed by atoms with van der Waals surface area (Å²) in [5.41, 5.74) is 1.05. The van der Waals surface area contributed by atoms with Crippen molar-refractivity contribution in [1.82, 2.24) is 19.8 Å². The molecule has 116 valence electrons. The van der Waals surface area contributed by atoms with Gasteiger partial charge in [0.05, 0.1) is 6.54 Å². The number of nitrogens with one attached hydrogen (secondary N) is 1. The summed E-state index contributed by atoms with van der Waals surface area (Å²) in [6.45, 7) is 10.7. The van der Waals surface area contributed by atoms with Gasteiger partial charge in [-0.25, -0.2) is 9.97 Å². The van der Waals surface area contributed by atoms with Crippen LogP contribution in [0, 0.1) is 6.92 Å². The Balaban J connectivity index is 1.63. The molecule has 0 aromatic carbocycles. The summed E-state index contributed by atoms with van der Waals surface area (Å²) in [4.78, 5) is 14.4. The fraction of sp³-hybridized carbons (Fsp3) is 0.750. The van der Waals surface area contributed by atoms with E-state index in [0.717, 1.165) is 43.0 Å². The number of hydrogen-bond acceptors (Lipinski definition) is 5. The molecule has 0 amide bonds. The van der Waals surface area contributed by atoms with Gasteiger partial charge in [0.25, 0.3) is 0 Å². The monoisotopic (exact) mass is 289 g/mol. The highest BCUT2D eigenvalue weighted by Crippen LogP contribution is 2.21. The Morgan fingerprint density at radius 2 is 2.14 bits per heavy atom. The number of anilines is 1. The number of nitrogens with zero attached hydrogens (tertiary/aromatic N) is 4. The van der Waals surface area contributed by atoms with Gasteiger partial charge < -0.3 is 5.32 Å². The number of piperazine rings is 1. The van der Waals surface area contributed by atoms with E-state index in [1.807, 2.05) is 13.0 Å². The molecule has 2 fully saturated rings. The van der Waals surface area contributed by atoms with Crippen LogP contribution in [0.15, 0.2) is 6.07 Å². The third-order valence-electron chi connectivity index (χ3n) is 4.54. The lowest BCUT2D eigenvalue weighted by molar-refractivity contribution is 0.0445. The molecule has 5 nitrogen and oxygen atoms in total. The number of piperidine rings is 1. The van der Waals surface area contributed by atoms with Crippen molar-refractivity contribution in [3.05, 3.63) is 17.6 Å². The number of fused-ring (bicyclic) bond motifs is 1. The SMILES string of the molecule is CCNc1cc(C)nc(CN2CCN3CCCCC3C2)n1. The second-order valence-corrected chi connectivity index (χ2v) is 6.26. The Morgan fingerprint density at radius 1 is 1.24 bits per heavy atom. The summed E-state index contributed by atoms with van der Waals surface area (Å²) in [7, 11) is 0. The lowest BCUT2D eigenvalue weighted by Crippen LogP contribution is -2.54. The molecule has 2 aliphatic heterocycles. The van der Waals surface area contributed by atoms with E-state index in [0.29, 0.717) is 0 Å². The fourth-order valence-electron chi connectivity index (χ4n) is 3.54. The number of hydrogen-bond donors (Lipinski definition) is 1. The van der Waals surface area contributed by atoms with E-state index < -0.39 is 0 Å². The molecule has 0 aliphatic carbocycles. The van der Waals surface area contributed by atoms with E-state index in [2.05, 4.69) is 32.0 Å². The zero-order valence-electron chi connectivity index (χ0n) is 13.3. The average Bonchev–Trinajstić information content (AvgIpc) is 2.47. The molecular weight excluding hydrogens is 262 g/mol. The van der Waals surface area contributed by atoms with Crippen LogP contribution in [0.4, 0.5) is 5.82 Å². The van der Waals surface area contributed by atoms with E-state index >= 15 is 0 Å². The third-order valence-corrected chi connectivity index (χ3v) is 4.54. The molecule has 21 heavy (non-hydrogen) atoms. The molecule has 5 heteroatoms. The van der Waals surface area contributed by atoms with E-state index in [1.165, 1.54) is 38.9 Å². The molecule has 2 aliphatic rings. The third kappa shape index (κ3) is 3.71. The molecule has 1 atom stereocenters. The smallest absolute Gasteiger partial charge is 0.144 e. The zero-order chi connectivity index (χ0) is 14.7. The van der Waals surface area contributed by atoms with E-state index in [9.17, 15) is 0 Å². The molecule has 3 heterocycles. The first kappa shape index (κ1) is 14.7. The Hall–Kier alpha value is -1.20. The predicted octanol–water partition coefficient (Wildman–Crippen LogP) is 1.89. The second-order valence-electron chi connectivity index (χ2n) is 6.26. The molecule has 0 saturated carbocycles. The summed E-state index contributed by atoms with van der Waals surface area (Å²) in [6, 6.07) is 2.78. The van der Waals surface area contributed by atoms with Crippen molar-refractivity contribution >= 4 is 5.82 Å². The maximum atomic E-state index is 4.64. The summed E-state index contributed by atoms with van der Waals surface area (Å²) in [5.74, 6) is 1.91. The molecule has 0 bridgehead atoms. The first-order valence-electron chi connectivity index (χ1n) is 8.29. The van der Waals surface area contributed by atoms with Crippen LogP contribution in [0.3, 0.4) is 0 Å². The largest absolute Gasteiger partial charge is 0.370 e. The molecule has 0 radical (unpaired) electrons. The van der Waals surface area contributed by atoms with Crippen molar-refractivity contribution in [2.75, 3.05) is 38.0 Å². The van der Waals surface area contributed by atoms with Crippen molar-refractivity contribution < 1.29 is 0 Å². The highest BCUT2D eigenvalue weighted by molar-refractivity contribution is 5.35. The van der Waals surface area contributed by atoms with Gasteiger partial charge in [0.15, 0.2) is 0 Å². The molecule has 0 spiro atoms. The van der Waals surface area contributed by atoms with Gasteiger partial charge in [0, 0.05) is 44.0 Å². The lowest BCUT2D eigenvalue weighted by atomic mass is 9.99. The lowest BCUT2D eigenvalue weighted by Gasteiger charge is -2.43. The van der Waals surface area contributed by atoms with Gasteiger partial charge in [-0.2, -0.15) is 0 Å². The first-order valence-corrected chi connectivity index (χ1v) is 8.29. The molecule has 1 aromatic rings. The van der Waals surface area contributed by atoms with Crippen LogP contribution in [0.5, 0.6) is 0 Å². The van der Waals surface area contributed by atoms with Gasteiger partial charge in [-0.15, -0.1) is 0 Å². The number of aryl methyl sites for hydroxylation is 1. The average molecular weight is 289 g/mol. The highest BCUT2D eigenvalue weighted by atomic mass is 15.3. The van der Waals surface area contributed by atoms with Crippen molar-refractivity contribution in [3.63, 3.8) is 0 Å². The molecule has 1 unspecified atom stereocenters. The summed E-state index contributed by atoms with van der Waals surface area (Å²) < 4.78 is 0. The molecule has 3 rings (SSSR count). The van der Waals surface area contributed by atoms with Gasteiger partial charge in [-0.05, 0) is 33.2 Å². The predicted molar refractivity (Wildman–Crippen MR) is 85.4 cm³/mol. The number of aromatic nitrogens is 2. The van der Waals surface area contributed by atoms with Crippen LogP contribution in [0.2, 0.25) is 0 Å². The van der Waals surface area contributed by atoms with Gasteiger partial charge in [-0.1, -0.05) is 6.42 Å². The van der Waals surface area contributed by atoms with E-state index in [4.69, 9.17) is 0 Å².